The van der Waals surface area contributed by atoms with E-state index in [1.54, 1.807) is 0 Å². The van der Waals surface area contributed by atoms with Gasteiger partial charge in [-0.3, -0.25) is 9.59 Å². The first kappa shape index (κ1) is 18.1. The van der Waals surface area contributed by atoms with Crippen LogP contribution in [-0.4, -0.2) is 18.9 Å². The van der Waals surface area contributed by atoms with Crippen LogP contribution in [0.1, 0.15) is 72.6 Å². The molecule has 3 nitrogen and oxygen atoms in total. The summed E-state index contributed by atoms with van der Waals surface area (Å²) in [4.78, 5) is 22.0. The van der Waals surface area contributed by atoms with Crippen LogP contribution in [0, 0.1) is 11.3 Å². The van der Waals surface area contributed by atoms with Gasteiger partial charge in [-0.1, -0.05) is 47.0 Å². The third kappa shape index (κ3) is 8.79. The SMILES string of the molecule is CCCCC(C)(C)C.COC(=O)C1CCCCC1=O. The van der Waals surface area contributed by atoms with E-state index in [9.17, 15) is 9.59 Å². The molecule has 1 atom stereocenters. The maximum Gasteiger partial charge on any atom is 0.316 e. The summed E-state index contributed by atoms with van der Waals surface area (Å²) in [5.41, 5.74) is 0.552. The molecule has 1 aliphatic rings. The van der Waals surface area contributed by atoms with Crippen molar-refractivity contribution in [3.8, 4) is 0 Å². The fraction of sp³-hybridized carbons (Fsp3) is 0.875. The lowest BCUT2D eigenvalue weighted by molar-refractivity contribution is -0.150. The van der Waals surface area contributed by atoms with Gasteiger partial charge in [-0.2, -0.15) is 0 Å². The highest BCUT2D eigenvalue weighted by Crippen LogP contribution is 2.21. The van der Waals surface area contributed by atoms with Crippen LogP contribution in [0.15, 0.2) is 0 Å². The Morgan fingerprint density at radius 2 is 1.95 bits per heavy atom. The van der Waals surface area contributed by atoms with Crippen molar-refractivity contribution < 1.29 is 14.3 Å². The van der Waals surface area contributed by atoms with Gasteiger partial charge in [0.25, 0.3) is 0 Å². The smallest absolute Gasteiger partial charge is 0.316 e. The zero-order valence-corrected chi connectivity index (χ0v) is 13.3. The molecule has 1 fully saturated rings. The summed E-state index contributed by atoms with van der Waals surface area (Å²) >= 11 is 0. The van der Waals surface area contributed by atoms with E-state index in [1.165, 1.54) is 26.4 Å². The van der Waals surface area contributed by atoms with Crippen LogP contribution in [0.4, 0.5) is 0 Å². The van der Waals surface area contributed by atoms with E-state index >= 15 is 0 Å². The van der Waals surface area contributed by atoms with Crippen LogP contribution >= 0.6 is 0 Å². The Morgan fingerprint density at radius 3 is 2.32 bits per heavy atom. The van der Waals surface area contributed by atoms with Gasteiger partial charge in [0, 0.05) is 6.42 Å². The van der Waals surface area contributed by atoms with E-state index in [1.807, 2.05) is 0 Å². The lowest BCUT2D eigenvalue weighted by Gasteiger charge is -2.17. The van der Waals surface area contributed by atoms with Crippen LogP contribution in [0.3, 0.4) is 0 Å². The summed E-state index contributed by atoms with van der Waals surface area (Å²) in [6.45, 7) is 9.12. The third-order valence-electron chi connectivity index (χ3n) is 3.32. The molecular weight excluding hydrogens is 240 g/mol. The molecule has 0 radical (unpaired) electrons. The Morgan fingerprint density at radius 1 is 1.32 bits per heavy atom. The maximum atomic E-state index is 11.1. The molecule has 1 rings (SSSR count). The monoisotopic (exact) mass is 270 g/mol. The van der Waals surface area contributed by atoms with Crippen molar-refractivity contribution in [2.75, 3.05) is 7.11 Å². The summed E-state index contributed by atoms with van der Waals surface area (Å²) < 4.78 is 4.50. The average Bonchev–Trinajstić information content (AvgIpc) is 2.36. The minimum Gasteiger partial charge on any atom is -0.468 e. The fourth-order valence-corrected chi connectivity index (χ4v) is 2.08. The predicted molar refractivity (Wildman–Crippen MR) is 78.0 cm³/mol. The van der Waals surface area contributed by atoms with Crippen LogP contribution in [-0.2, 0) is 14.3 Å². The first-order valence-corrected chi connectivity index (χ1v) is 7.42. The van der Waals surface area contributed by atoms with E-state index in [0.29, 0.717) is 18.3 Å². The van der Waals surface area contributed by atoms with Gasteiger partial charge in [-0.25, -0.2) is 0 Å². The second-order valence-corrected chi connectivity index (χ2v) is 6.45. The number of methoxy groups -OCH3 is 1. The second-order valence-electron chi connectivity index (χ2n) is 6.45. The lowest BCUT2D eigenvalue weighted by Crippen LogP contribution is -2.27. The molecule has 1 unspecified atom stereocenters. The minimum absolute atomic E-state index is 0.0445. The number of ether oxygens (including phenoxy) is 1. The molecule has 0 aliphatic heterocycles. The van der Waals surface area contributed by atoms with E-state index in [2.05, 4.69) is 32.4 Å². The third-order valence-corrected chi connectivity index (χ3v) is 3.32. The maximum absolute atomic E-state index is 11.1. The number of esters is 1. The number of Topliss-reactive ketones (excluding diaryl/α,β-unsaturated/α-hetero) is 1. The van der Waals surface area contributed by atoms with E-state index in [4.69, 9.17) is 0 Å². The van der Waals surface area contributed by atoms with Gasteiger partial charge in [-0.15, -0.1) is 0 Å². The van der Waals surface area contributed by atoms with E-state index in [0.717, 1.165) is 12.8 Å². The molecule has 0 spiro atoms. The summed E-state index contributed by atoms with van der Waals surface area (Å²) in [7, 11) is 1.32. The van der Waals surface area contributed by atoms with Crippen molar-refractivity contribution in [1.29, 1.82) is 0 Å². The number of hydrogen-bond acceptors (Lipinski definition) is 3. The molecule has 3 heteroatoms. The number of hydrogen-bond donors (Lipinski definition) is 0. The lowest BCUT2D eigenvalue weighted by atomic mass is 9.88. The normalized spacial score (nSPS) is 19.4. The molecule has 0 heterocycles. The van der Waals surface area contributed by atoms with E-state index < -0.39 is 5.92 Å². The highest BCUT2D eigenvalue weighted by atomic mass is 16.5. The molecule has 1 saturated carbocycles. The van der Waals surface area contributed by atoms with Crippen LogP contribution in [0.25, 0.3) is 0 Å². The second kappa shape index (κ2) is 9.11. The molecular formula is C16H30O3. The van der Waals surface area contributed by atoms with Gasteiger partial charge >= 0.3 is 5.97 Å². The Bertz CT molecular complexity index is 268. The topological polar surface area (TPSA) is 43.4 Å². The van der Waals surface area contributed by atoms with Gasteiger partial charge in [0.2, 0.25) is 0 Å². The average molecular weight is 270 g/mol. The first-order valence-electron chi connectivity index (χ1n) is 7.42. The Labute approximate surface area is 118 Å². The summed E-state index contributed by atoms with van der Waals surface area (Å²) in [5.74, 6) is -0.786. The Kier molecular flexibility index (Phi) is 8.70. The van der Waals surface area contributed by atoms with Crippen LogP contribution < -0.4 is 0 Å². The molecule has 0 aromatic rings. The minimum atomic E-state index is -0.464. The summed E-state index contributed by atoms with van der Waals surface area (Å²) in [6, 6.07) is 0. The van der Waals surface area contributed by atoms with Crippen molar-refractivity contribution in [1.82, 2.24) is 0 Å². The largest absolute Gasteiger partial charge is 0.468 e. The quantitative estimate of drug-likeness (QED) is 0.572. The fourth-order valence-electron chi connectivity index (χ4n) is 2.08. The highest BCUT2D eigenvalue weighted by molar-refractivity contribution is 5.99. The molecule has 112 valence electrons. The van der Waals surface area contributed by atoms with Crippen molar-refractivity contribution >= 4 is 11.8 Å². The van der Waals surface area contributed by atoms with Gasteiger partial charge in [0.05, 0.1) is 7.11 Å². The zero-order chi connectivity index (χ0) is 14.9. The molecule has 0 bridgehead atoms. The Balaban J connectivity index is 0.000000362. The van der Waals surface area contributed by atoms with Gasteiger partial charge in [0.15, 0.2) is 0 Å². The number of unbranched alkanes of at least 4 members (excludes halogenated alkanes) is 1. The van der Waals surface area contributed by atoms with Crippen LogP contribution in [0.5, 0.6) is 0 Å². The zero-order valence-electron chi connectivity index (χ0n) is 13.3. The molecule has 0 aromatic carbocycles. The number of rotatable bonds is 3. The van der Waals surface area contributed by atoms with Crippen molar-refractivity contribution in [3.63, 3.8) is 0 Å². The number of carbonyl (C=O) groups excluding carboxylic acids is 2. The van der Waals surface area contributed by atoms with Gasteiger partial charge in [0.1, 0.15) is 11.7 Å². The number of carbonyl (C=O) groups is 2. The molecule has 0 aromatic heterocycles. The van der Waals surface area contributed by atoms with Crippen LogP contribution in [0.2, 0.25) is 0 Å². The summed E-state index contributed by atoms with van der Waals surface area (Å²) in [6.07, 6.45) is 7.17. The van der Waals surface area contributed by atoms with Gasteiger partial charge in [-0.05, 0) is 24.7 Å². The molecule has 1 aliphatic carbocycles. The molecule has 0 amide bonds. The standard InChI is InChI=1S/C8H12O3.C8H18/c1-11-8(10)6-4-2-3-5-7(6)9;1-5-6-7-8(2,3)4/h6H,2-5H2,1H3;5-7H2,1-4H3. The molecule has 19 heavy (non-hydrogen) atoms. The van der Waals surface area contributed by atoms with Gasteiger partial charge < -0.3 is 4.74 Å². The predicted octanol–water partition coefficient (Wildman–Crippen LogP) is 4.14. The molecule has 0 N–H and O–H groups in total. The van der Waals surface area contributed by atoms with Crippen molar-refractivity contribution in [2.45, 2.75) is 72.6 Å². The highest BCUT2D eigenvalue weighted by Gasteiger charge is 2.29. The molecule has 0 saturated heterocycles. The van der Waals surface area contributed by atoms with Crippen molar-refractivity contribution in [2.24, 2.45) is 11.3 Å². The number of ketones is 1. The Hall–Kier alpha value is -0.860. The van der Waals surface area contributed by atoms with Crippen molar-refractivity contribution in [3.05, 3.63) is 0 Å². The first-order chi connectivity index (χ1) is 8.81. The summed E-state index contributed by atoms with van der Waals surface area (Å²) in [5, 5.41) is 0. The van der Waals surface area contributed by atoms with E-state index in [-0.39, 0.29) is 11.8 Å².